The van der Waals surface area contributed by atoms with Crippen molar-refractivity contribution in [2.75, 3.05) is 7.05 Å². The van der Waals surface area contributed by atoms with Crippen molar-refractivity contribution in [2.24, 2.45) is 10.9 Å². The Morgan fingerprint density at radius 1 is 1.64 bits per heavy atom. The minimum absolute atomic E-state index is 0.647. The second kappa shape index (κ2) is 5.89. The zero-order valence-corrected chi connectivity index (χ0v) is 7.42. The molecule has 0 aromatic heterocycles. The molecule has 0 saturated heterocycles. The first-order valence-corrected chi connectivity index (χ1v) is 3.82. The van der Waals surface area contributed by atoms with E-state index in [2.05, 4.69) is 18.8 Å². The van der Waals surface area contributed by atoms with Crippen LogP contribution in [0.25, 0.3) is 0 Å². The summed E-state index contributed by atoms with van der Waals surface area (Å²) in [5.74, 6) is 1.30. The number of hydrogen-bond donors (Lipinski definition) is 1. The van der Waals surface area contributed by atoms with Crippen LogP contribution >= 0.6 is 0 Å². The highest BCUT2D eigenvalue weighted by Gasteiger charge is 2.00. The molecule has 0 heterocycles. The summed E-state index contributed by atoms with van der Waals surface area (Å²) >= 11 is 0. The number of nitrogens with zero attached hydrogens (tertiary/aromatic N) is 1. The summed E-state index contributed by atoms with van der Waals surface area (Å²) in [4.78, 5) is 3.89. The maximum Gasteiger partial charge on any atom is 0.191 e. The van der Waals surface area contributed by atoms with E-state index < -0.39 is 0 Å². The molecule has 0 rings (SSSR count). The zero-order valence-electron chi connectivity index (χ0n) is 7.42. The molecule has 0 radical (unpaired) electrons. The molecule has 0 aliphatic carbocycles. The fourth-order valence-electron chi connectivity index (χ4n) is 0.704. The predicted molar refractivity (Wildman–Crippen MR) is 47.3 cm³/mol. The lowest BCUT2D eigenvalue weighted by atomic mass is 10.1. The van der Waals surface area contributed by atoms with Crippen molar-refractivity contribution < 1.29 is 4.74 Å². The molecule has 0 aliphatic rings. The molecule has 0 aromatic carbocycles. The van der Waals surface area contributed by atoms with Gasteiger partial charge in [-0.3, -0.25) is 10.4 Å². The quantitative estimate of drug-likeness (QED) is 0.491. The molecule has 11 heavy (non-hydrogen) atoms. The van der Waals surface area contributed by atoms with Gasteiger partial charge < -0.3 is 4.74 Å². The van der Waals surface area contributed by atoms with E-state index in [1.807, 2.05) is 0 Å². The minimum Gasteiger partial charge on any atom is -0.432 e. The van der Waals surface area contributed by atoms with Gasteiger partial charge in [0.25, 0.3) is 0 Å². The molecular formula is C8H16N2O. The molecule has 3 nitrogen and oxygen atoms in total. The first-order valence-electron chi connectivity index (χ1n) is 3.82. The predicted octanol–water partition coefficient (Wildman–Crippen LogP) is 2.07. The zero-order chi connectivity index (χ0) is 8.69. The second-order valence-electron chi connectivity index (χ2n) is 2.79. The molecule has 3 heteroatoms. The molecule has 0 aliphatic heterocycles. The Bertz CT molecular complexity index is 141. The minimum atomic E-state index is 0.647. The number of aliphatic imine (C=N–C) groups is 1. The Morgan fingerprint density at radius 3 is 2.64 bits per heavy atom. The molecule has 0 atom stereocenters. The molecule has 0 bridgehead atoms. The highest BCUT2D eigenvalue weighted by Crippen LogP contribution is 2.04. The molecule has 0 aromatic rings. The van der Waals surface area contributed by atoms with Crippen LogP contribution in [0, 0.1) is 11.3 Å². The van der Waals surface area contributed by atoms with E-state index in [1.165, 1.54) is 0 Å². The van der Waals surface area contributed by atoms with E-state index in [4.69, 9.17) is 10.1 Å². The van der Waals surface area contributed by atoms with E-state index in [9.17, 15) is 0 Å². The third kappa shape index (κ3) is 5.58. The van der Waals surface area contributed by atoms with Gasteiger partial charge in [0.15, 0.2) is 12.3 Å². The standard InChI is InChI=1S/C8H16N2O/c1-7(2)4-5-8(10-3)11-6-9/h6-7,9H,4-5H2,1-3H3. The molecule has 0 unspecified atom stereocenters. The number of ether oxygens (including phenoxy) is 1. The van der Waals surface area contributed by atoms with Gasteiger partial charge in [-0.05, 0) is 12.3 Å². The second-order valence-corrected chi connectivity index (χ2v) is 2.79. The maximum absolute atomic E-state index is 6.69. The molecule has 0 spiro atoms. The van der Waals surface area contributed by atoms with Gasteiger partial charge in [-0.25, -0.2) is 0 Å². The van der Waals surface area contributed by atoms with Crippen molar-refractivity contribution in [3.05, 3.63) is 0 Å². The summed E-state index contributed by atoms with van der Waals surface area (Å²) < 4.78 is 4.83. The van der Waals surface area contributed by atoms with Crippen LogP contribution in [0.5, 0.6) is 0 Å². The molecule has 0 saturated carbocycles. The topological polar surface area (TPSA) is 45.4 Å². The Kier molecular flexibility index (Phi) is 5.43. The van der Waals surface area contributed by atoms with E-state index in [0.717, 1.165) is 19.2 Å². The molecular weight excluding hydrogens is 140 g/mol. The third-order valence-electron chi connectivity index (χ3n) is 1.38. The van der Waals surface area contributed by atoms with Crippen LogP contribution in [0.3, 0.4) is 0 Å². The van der Waals surface area contributed by atoms with Crippen molar-refractivity contribution in [3.63, 3.8) is 0 Å². The van der Waals surface area contributed by atoms with Crippen LogP contribution in [0.15, 0.2) is 4.99 Å². The SMILES string of the molecule is CN=C(CCC(C)C)OC=N. The Balaban J connectivity index is 3.62. The monoisotopic (exact) mass is 156 g/mol. The van der Waals surface area contributed by atoms with Gasteiger partial charge in [0.2, 0.25) is 0 Å². The number of rotatable bonds is 4. The maximum atomic E-state index is 6.69. The van der Waals surface area contributed by atoms with Crippen molar-refractivity contribution in [1.29, 1.82) is 5.41 Å². The highest BCUT2D eigenvalue weighted by atomic mass is 16.5. The number of nitrogens with one attached hydrogen (secondary N) is 1. The molecule has 1 N–H and O–H groups in total. The first-order chi connectivity index (χ1) is 5.20. The van der Waals surface area contributed by atoms with E-state index in [0.29, 0.717) is 11.8 Å². The van der Waals surface area contributed by atoms with Crippen molar-refractivity contribution in [2.45, 2.75) is 26.7 Å². The van der Waals surface area contributed by atoms with Gasteiger partial charge in [-0.2, -0.15) is 0 Å². The smallest absolute Gasteiger partial charge is 0.191 e. The summed E-state index contributed by atoms with van der Waals surface area (Å²) in [5.41, 5.74) is 0. The summed E-state index contributed by atoms with van der Waals surface area (Å²) in [5, 5.41) is 6.69. The largest absolute Gasteiger partial charge is 0.432 e. The average molecular weight is 156 g/mol. The molecule has 0 fully saturated rings. The number of hydrogen-bond acceptors (Lipinski definition) is 3. The van der Waals surface area contributed by atoms with E-state index in [-0.39, 0.29) is 0 Å². The summed E-state index contributed by atoms with van der Waals surface area (Å²) in [6.45, 7) is 4.30. The highest BCUT2D eigenvalue weighted by molar-refractivity contribution is 5.82. The summed E-state index contributed by atoms with van der Waals surface area (Å²) in [6, 6.07) is 0. The van der Waals surface area contributed by atoms with Crippen LogP contribution in [0.2, 0.25) is 0 Å². The van der Waals surface area contributed by atoms with E-state index in [1.54, 1.807) is 7.05 Å². The normalized spacial score (nSPS) is 11.8. The summed E-state index contributed by atoms with van der Waals surface area (Å²) in [7, 11) is 1.68. The fourth-order valence-corrected chi connectivity index (χ4v) is 0.704. The van der Waals surface area contributed by atoms with Crippen molar-refractivity contribution in [1.82, 2.24) is 0 Å². The molecule has 64 valence electrons. The Morgan fingerprint density at radius 2 is 2.27 bits per heavy atom. The van der Waals surface area contributed by atoms with Gasteiger partial charge in [0, 0.05) is 13.5 Å². The van der Waals surface area contributed by atoms with Crippen molar-refractivity contribution >= 4 is 12.3 Å². The van der Waals surface area contributed by atoms with Crippen LogP contribution in [-0.4, -0.2) is 19.3 Å². The fraction of sp³-hybridized carbons (Fsp3) is 0.750. The molecule has 0 amide bonds. The van der Waals surface area contributed by atoms with Crippen LogP contribution in [0.1, 0.15) is 26.7 Å². The van der Waals surface area contributed by atoms with Crippen LogP contribution in [-0.2, 0) is 4.74 Å². The van der Waals surface area contributed by atoms with Gasteiger partial charge in [-0.1, -0.05) is 13.8 Å². The van der Waals surface area contributed by atoms with Crippen LogP contribution < -0.4 is 0 Å². The van der Waals surface area contributed by atoms with Crippen molar-refractivity contribution in [3.8, 4) is 0 Å². The Hall–Kier alpha value is -0.860. The van der Waals surface area contributed by atoms with Gasteiger partial charge >= 0.3 is 0 Å². The average Bonchev–Trinajstić information content (AvgIpc) is 1.97. The van der Waals surface area contributed by atoms with E-state index >= 15 is 0 Å². The van der Waals surface area contributed by atoms with Crippen LogP contribution in [0.4, 0.5) is 0 Å². The third-order valence-corrected chi connectivity index (χ3v) is 1.38. The summed E-state index contributed by atoms with van der Waals surface area (Å²) in [6.07, 6.45) is 2.80. The first kappa shape index (κ1) is 10.1. The van der Waals surface area contributed by atoms with Gasteiger partial charge in [-0.15, -0.1) is 0 Å². The Labute approximate surface area is 68.0 Å². The lowest BCUT2D eigenvalue weighted by Crippen LogP contribution is -2.04. The lowest BCUT2D eigenvalue weighted by Gasteiger charge is -2.04. The lowest BCUT2D eigenvalue weighted by molar-refractivity contribution is 0.511. The van der Waals surface area contributed by atoms with Gasteiger partial charge in [0.05, 0.1) is 0 Å². The van der Waals surface area contributed by atoms with Gasteiger partial charge in [0.1, 0.15) is 0 Å².